The van der Waals surface area contributed by atoms with E-state index in [1.165, 1.54) is 6.39 Å². The fourth-order valence-electron chi connectivity index (χ4n) is 2.26. The summed E-state index contributed by atoms with van der Waals surface area (Å²) < 4.78 is 10.6. The van der Waals surface area contributed by atoms with Gasteiger partial charge < -0.3 is 14.2 Å². The predicted octanol–water partition coefficient (Wildman–Crippen LogP) is 4.37. The SMILES string of the molecule is CC(CCc1ccco1)Nc1ccc(-c2cnco2)cc1. The quantitative estimate of drug-likeness (QED) is 0.729. The molecule has 3 aromatic rings. The van der Waals surface area contributed by atoms with Crippen LogP contribution in [-0.4, -0.2) is 11.0 Å². The van der Waals surface area contributed by atoms with Crippen molar-refractivity contribution in [1.29, 1.82) is 0 Å². The van der Waals surface area contributed by atoms with Crippen LogP contribution in [-0.2, 0) is 6.42 Å². The Bertz CT molecular complexity index is 643. The van der Waals surface area contributed by atoms with E-state index in [9.17, 15) is 0 Å². The van der Waals surface area contributed by atoms with Gasteiger partial charge in [0.25, 0.3) is 0 Å². The molecule has 1 N–H and O–H groups in total. The van der Waals surface area contributed by atoms with Crippen molar-refractivity contribution in [3.8, 4) is 11.3 Å². The van der Waals surface area contributed by atoms with Crippen LogP contribution in [0.1, 0.15) is 19.1 Å². The first-order valence-electron chi connectivity index (χ1n) is 7.09. The zero-order chi connectivity index (χ0) is 14.5. The molecule has 1 unspecified atom stereocenters. The van der Waals surface area contributed by atoms with Crippen LogP contribution in [0.3, 0.4) is 0 Å². The third-order valence-corrected chi connectivity index (χ3v) is 3.42. The number of hydrogen-bond donors (Lipinski definition) is 1. The minimum atomic E-state index is 0.381. The second kappa shape index (κ2) is 6.31. The number of aromatic nitrogens is 1. The first kappa shape index (κ1) is 13.5. The van der Waals surface area contributed by atoms with Crippen LogP contribution >= 0.6 is 0 Å². The van der Waals surface area contributed by atoms with Gasteiger partial charge in [0.15, 0.2) is 12.2 Å². The summed E-state index contributed by atoms with van der Waals surface area (Å²) in [6.45, 7) is 2.17. The molecule has 0 bridgehead atoms. The summed E-state index contributed by atoms with van der Waals surface area (Å²) in [7, 11) is 0. The van der Waals surface area contributed by atoms with Crippen LogP contribution in [0, 0.1) is 0 Å². The van der Waals surface area contributed by atoms with E-state index >= 15 is 0 Å². The van der Waals surface area contributed by atoms with Gasteiger partial charge in [0.2, 0.25) is 0 Å². The van der Waals surface area contributed by atoms with Crippen LogP contribution in [0.15, 0.2) is 64.1 Å². The average molecular weight is 282 g/mol. The van der Waals surface area contributed by atoms with E-state index in [0.29, 0.717) is 6.04 Å². The third-order valence-electron chi connectivity index (χ3n) is 3.42. The number of nitrogens with zero attached hydrogens (tertiary/aromatic N) is 1. The highest BCUT2D eigenvalue weighted by Crippen LogP contribution is 2.21. The van der Waals surface area contributed by atoms with Gasteiger partial charge in [0, 0.05) is 23.7 Å². The molecule has 0 spiro atoms. The number of anilines is 1. The third kappa shape index (κ3) is 3.54. The molecule has 4 nitrogen and oxygen atoms in total. The van der Waals surface area contributed by atoms with Crippen LogP contribution < -0.4 is 5.32 Å². The van der Waals surface area contributed by atoms with Crippen LogP contribution in [0.5, 0.6) is 0 Å². The lowest BCUT2D eigenvalue weighted by Crippen LogP contribution is -2.15. The zero-order valence-corrected chi connectivity index (χ0v) is 12.0. The van der Waals surface area contributed by atoms with Crippen LogP contribution in [0.25, 0.3) is 11.3 Å². The lowest BCUT2D eigenvalue weighted by atomic mass is 10.1. The molecule has 3 rings (SSSR count). The number of aryl methyl sites for hydroxylation is 1. The molecule has 2 heterocycles. The maximum Gasteiger partial charge on any atom is 0.181 e. The molecule has 4 heteroatoms. The Morgan fingerprint density at radius 1 is 1.14 bits per heavy atom. The van der Waals surface area contributed by atoms with Crippen LogP contribution in [0.2, 0.25) is 0 Å². The molecule has 0 saturated heterocycles. The second-order valence-electron chi connectivity index (χ2n) is 5.11. The van der Waals surface area contributed by atoms with E-state index in [0.717, 1.165) is 35.6 Å². The summed E-state index contributed by atoms with van der Waals surface area (Å²) in [6.07, 6.45) is 6.84. The molecule has 0 amide bonds. The summed E-state index contributed by atoms with van der Waals surface area (Å²) in [5.41, 5.74) is 2.13. The van der Waals surface area contributed by atoms with E-state index < -0.39 is 0 Å². The molecule has 0 aliphatic rings. The summed E-state index contributed by atoms with van der Waals surface area (Å²) in [4.78, 5) is 3.93. The Hall–Kier alpha value is -2.49. The Morgan fingerprint density at radius 3 is 2.67 bits per heavy atom. The van der Waals surface area contributed by atoms with Crippen LogP contribution in [0.4, 0.5) is 5.69 Å². The van der Waals surface area contributed by atoms with Gasteiger partial charge in [0.1, 0.15) is 5.76 Å². The molecule has 0 aliphatic heterocycles. The van der Waals surface area contributed by atoms with Gasteiger partial charge in [-0.3, -0.25) is 0 Å². The number of benzene rings is 1. The zero-order valence-electron chi connectivity index (χ0n) is 12.0. The van der Waals surface area contributed by atoms with E-state index in [1.807, 2.05) is 24.3 Å². The summed E-state index contributed by atoms with van der Waals surface area (Å²) in [5.74, 6) is 1.82. The Morgan fingerprint density at radius 2 is 2.00 bits per heavy atom. The summed E-state index contributed by atoms with van der Waals surface area (Å²) >= 11 is 0. The summed E-state index contributed by atoms with van der Waals surface area (Å²) in [6, 6.07) is 12.5. The van der Waals surface area contributed by atoms with Gasteiger partial charge >= 0.3 is 0 Å². The summed E-state index contributed by atoms with van der Waals surface area (Å²) in [5, 5.41) is 3.49. The fraction of sp³-hybridized carbons (Fsp3) is 0.235. The molecular weight excluding hydrogens is 264 g/mol. The molecule has 0 aliphatic carbocycles. The largest absolute Gasteiger partial charge is 0.469 e. The number of oxazole rings is 1. The molecule has 2 aromatic heterocycles. The van der Waals surface area contributed by atoms with E-state index in [4.69, 9.17) is 8.83 Å². The van der Waals surface area contributed by atoms with Gasteiger partial charge in [-0.1, -0.05) is 0 Å². The maximum absolute atomic E-state index is 5.35. The van der Waals surface area contributed by atoms with Crippen molar-refractivity contribution in [3.05, 3.63) is 61.0 Å². The van der Waals surface area contributed by atoms with Gasteiger partial charge in [-0.15, -0.1) is 0 Å². The van der Waals surface area contributed by atoms with Crippen molar-refractivity contribution < 1.29 is 8.83 Å². The molecule has 1 aromatic carbocycles. The average Bonchev–Trinajstić information content (AvgIpc) is 3.19. The second-order valence-corrected chi connectivity index (χ2v) is 5.11. The van der Waals surface area contributed by atoms with Gasteiger partial charge in [-0.2, -0.15) is 0 Å². The minimum Gasteiger partial charge on any atom is -0.469 e. The van der Waals surface area contributed by atoms with Crippen molar-refractivity contribution in [2.45, 2.75) is 25.8 Å². The predicted molar refractivity (Wildman–Crippen MR) is 82.1 cm³/mol. The van der Waals surface area contributed by atoms with E-state index in [-0.39, 0.29) is 0 Å². The lowest BCUT2D eigenvalue weighted by Gasteiger charge is -2.14. The van der Waals surface area contributed by atoms with E-state index in [1.54, 1.807) is 12.5 Å². The fourth-order valence-corrected chi connectivity index (χ4v) is 2.26. The van der Waals surface area contributed by atoms with Gasteiger partial charge in [-0.05, 0) is 49.7 Å². The Balaban J connectivity index is 1.55. The highest BCUT2D eigenvalue weighted by molar-refractivity contribution is 5.60. The first-order valence-corrected chi connectivity index (χ1v) is 7.09. The van der Waals surface area contributed by atoms with Gasteiger partial charge in [-0.25, -0.2) is 4.98 Å². The monoisotopic (exact) mass is 282 g/mol. The van der Waals surface area contributed by atoms with Crippen molar-refractivity contribution in [2.75, 3.05) is 5.32 Å². The first-order chi connectivity index (χ1) is 10.3. The van der Waals surface area contributed by atoms with Crippen molar-refractivity contribution in [1.82, 2.24) is 4.98 Å². The number of rotatable bonds is 6. The normalized spacial score (nSPS) is 12.2. The number of nitrogens with one attached hydrogen (secondary N) is 1. The molecule has 108 valence electrons. The highest BCUT2D eigenvalue weighted by Gasteiger charge is 2.05. The molecule has 0 fully saturated rings. The Labute approximate surface area is 123 Å². The topological polar surface area (TPSA) is 51.2 Å². The van der Waals surface area contributed by atoms with Crippen molar-refractivity contribution in [3.63, 3.8) is 0 Å². The minimum absolute atomic E-state index is 0.381. The van der Waals surface area contributed by atoms with E-state index in [2.05, 4.69) is 29.4 Å². The Kier molecular flexibility index (Phi) is 4.05. The standard InChI is InChI=1S/C17H18N2O2/c1-13(4-9-16-3-2-10-20-16)19-15-7-5-14(6-8-15)17-11-18-12-21-17/h2-3,5-8,10-13,19H,4,9H2,1H3. The smallest absolute Gasteiger partial charge is 0.181 e. The van der Waals surface area contributed by atoms with Crippen molar-refractivity contribution in [2.24, 2.45) is 0 Å². The molecular formula is C17H18N2O2. The number of furan rings is 1. The molecule has 0 radical (unpaired) electrons. The molecule has 1 atom stereocenters. The number of hydrogen-bond acceptors (Lipinski definition) is 4. The lowest BCUT2D eigenvalue weighted by molar-refractivity contribution is 0.495. The van der Waals surface area contributed by atoms with Crippen molar-refractivity contribution >= 4 is 5.69 Å². The highest BCUT2D eigenvalue weighted by atomic mass is 16.3. The molecule has 21 heavy (non-hydrogen) atoms. The molecule has 0 saturated carbocycles. The van der Waals surface area contributed by atoms with Gasteiger partial charge in [0.05, 0.1) is 12.5 Å². The maximum atomic E-state index is 5.35.